The van der Waals surface area contributed by atoms with Crippen molar-refractivity contribution in [3.8, 4) is 28.5 Å². The Balaban J connectivity index is 1.21. The zero-order valence-corrected chi connectivity index (χ0v) is 34.5. The van der Waals surface area contributed by atoms with E-state index in [2.05, 4.69) is 91.1 Å². The average molecular weight is 788 g/mol. The highest BCUT2D eigenvalue weighted by atomic mass is 32.1. The first-order valence-corrected chi connectivity index (χ1v) is 20.1. The fourth-order valence-electron chi connectivity index (χ4n) is 6.97. The molecule has 0 atom stereocenters. The Hall–Kier alpha value is -7.35. The van der Waals surface area contributed by atoms with Gasteiger partial charge in [-0.25, -0.2) is 9.97 Å². The second-order valence-corrected chi connectivity index (χ2v) is 15.6. The number of azo groups is 2. The van der Waals surface area contributed by atoms with E-state index in [9.17, 15) is 5.26 Å². The van der Waals surface area contributed by atoms with Crippen LogP contribution < -0.4 is 10.6 Å². The van der Waals surface area contributed by atoms with E-state index < -0.39 is 0 Å². The molecule has 2 N–H and O–H groups in total. The number of pyridine rings is 1. The number of rotatable bonds is 10. The van der Waals surface area contributed by atoms with Crippen LogP contribution in [0, 0.1) is 52.9 Å². The van der Waals surface area contributed by atoms with Crippen molar-refractivity contribution in [3.05, 3.63) is 166 Å². The fraction of sp³-hybridized carbons (Fsp3) is 0.122. The van der Waals surface area contributed by atoms with Gasteiger partial charge in [0.1, 0.15) is 17.5 Å². The molecule has 2 heterocycles. The van der Waals surface area contributed by atoms with Gasteiger partial charge in [0, 0.05) is 22.5 Å². The van der Waals surface area contributed by atoms with E-state index >= 15 is 0 Å². The van der Waals surface area contributed by atoms with Crippen LogP contribution in [0.25, 0.3) is 33.2 Å². The summed E-state index contributed by atoms with van der Waals surface area (Å²) in [5.74, 6) is 0.851. The zero-order valence-electron chi connectivity index (χ0n) is 33.7. The molecule has 0 aliphatic heterocycles. The van der Waals surface area contributed by atoms with Crippen LogP contribution in [0.5, 0.6) is 0 Å². The molecule has 0 radical (unpaired) electrons. The van der Waals surface area contributed by atoms with Crippen molar-refractivity contribution in [2.75, 3.05) is 10.6 Å². The molecule has 0 fully saturated rings. The van der Waals surface area contributed by atoms with Gasteiger partial charge in [-0.1, -0.05) is 119 Å². The molecule has 2 aromatic heterocycles. The lowest BCUT2D eigenvalue weighted by Gasteiger charge is -2.16. The van der Waals surface area contributed by atoms with Crippen LogP contribution in [0.1, 0.15) is 38.9 Å². The summed E-state index contributed by atoms with van der Waals surface area (Å²) < 4.78 is 0. The maximum atomic E-state index is 10.4. The molecule has 9 nitrogen and oxygen atoms in total. The average Bonchev–Trinajstić information content (AvgIpc) is 3.65. The predicted octanol–water partition coefficient (Wildman–Crippen LogP) is 15.1. The standard InChI is InChI=1S/C49H41N9S/c1-29-12-20-38(21-13-29)51-46-43(28-50)34(6)44(47(54-46)52-39-22-14-30(2)15-23-39)56-58-49-53-45(37-18-16-36(17-19-37)35-10-8-7-9-11-35)48(59-49)57-55-40-26-33(5)41-25-31(3)24-32(4)42(41)27-40/h7-27H,1-6H3,(H2,51,52,54). The molecule has 0 unspecified atom stereocenters. The Labute approximate surface area is 347 Å². The fourth-order valence-corrected chi connectivity index (χ4v) is 7.70. The van der Waals surface area contributed by atoms with Crippen LogP contribution in [0.15, 0.2) is 148 Å². The van der Waals surface area contributed by atoms with Gasteiger partial charge in [-0.2, -0.15) is 5.26 Å². The summed E-state index contributed by atoms with van der Waals surface area (Å²) in [6.45, 7) is 12.3. The van der Waals surface area contributed by atoms with Crippen molar-refractivity contribution in [3.63, 3.8) is 0 Å². The van der Waals surface area contributed by atoms with Crippen LogP contribution in [-0.4, -0.2) is 9.97 Å². The monoisotopic (exact) mass is 787 g/mol. The number of hydrogen-bond donors (Lipinski definition) is 2. The van der Waals surface area contributed by atoms with E-state index in [0.29, 0.717) is 44.3 Å². The van der Waals surface area contributed by atoms with Crippen LogP contribution in [0.2, 0.25) is 0 Å². The minimum Gasteiger partial charge on any atom is -0.339 e. The number of aryl methyl sites for hydroxylation is 5. The molecular formula is C49H41N9S. The number of nitrogens with zero attached hydrogens (tertiary/aromatic N) is 7. The molecule has 0 saturated heterocycles. The van der Waals surface area contributed by atoms with Gasteiger partial charge >= 0.3 is 0 Å². The van der Waals surface area contributed by atoms with Crippen LogP contribution >= 0.6 is 11.3 Å². The molecular weight excluding hydrogens is 747 g/mol. The molecule has 8 rings (SSSR count). The molecule has 8 aromatic rings. The maximum Gasteiger partial charge on any atom is 0.232 e. The van der Waals surface area contributed by atoms with Crippen LogP contribution in [-0.2, 0) is 0 Å². The van der Waals surface area contributed by atoms with Gasteiger partial charge in [0.15, 0.2) is 16.6 Å². The van der Waals surface area contributed by atoms with Gasteiger partial charge < -0.3 is 10.6 Å². The lowest BCUT2D eigenvalue weighted by molar-refractivity contribution is 1.15. The normalized spacial score (nSPS) is 11.4. The molecule has 6 aromatic carbocycles. The minimum atomic E-state index is 0.359. The highest BCUT2D eigenvalue weighted by Gasteiger charge is 2.20. The number of benzene rings is 6. The van der Waals surface area contributed by atoms with Crippen molar-refractivity contribution in [1.29, 1.82) is 5.26 Å². The number of thiazole rings is 1. The molecule has 59 heavy (non-hydrogen) atoms. The summed E-state index contributed by atoms with van der Waals surface area (Å²) >= 11 is 1.29. The molecule has 0 amide bonds. The highest BCUT2D eigenvalue weighted by Crippen LogP contribution is 2.43. The first-order chi connectivity index (χ1) is 28.6. The van der Waals surface area contributed by atoms with E-state index in [1.165, 1.54) is 27.8 Å². The largest absolute Gasteiger partial charge is 0.339 e. The van der Waals surface area contributed by atoms with E-state index in [0.717, 1.165) is 55.8 Å². The van der Waals surface area contributed by atoms with Crippen molar-refractivity contribution in [2.24, 2.45) is 20.5 Å². The van der Waals surface area contributed by atoms with Crippen molar-refractivity contribution < 1.29 is 0 Å². The number of anilines is 4. The summed E-state index contributed by atoms with van der Waals surface area (Å²) in [5, 5.41) is 39.4. The number of nitrogens with one attached hydrogen (secondary N) is 2. The van der Waals surface area contributed by atoms with E-state index in [4.69, 9.17) is 25.3 Å². The number of nitriles is 1. The van der Waals surface area contributed by atoms with E-state index in [-0.39, 0.29) is 0 Å². The summed E-state index contributed by atoms with van der Waals surface area (Å²) in [6.07, 6.45) is 0. The van der Waals surface area contributed by atoms with Gasteiger partial charge in [0.25, 0.3) is 0 Å². The Kier molecular flexibility index (Phi) is 10.9. The number of aromatic nitrogens is 2. The van der Waals surface area contributed by atoms with Gasteiger partial charge in [0.05, 0.1) is 11.3 Å². The second-order valence-electron chi connectivity index (χ2n) is 14.7. The molecule has 10 heteroatoms. The van der Waals surface area contributed by atoms with Crippen molar-refractivity contribution in [1.82, 2.24) is 9.97 Å². The highest BCUT2D eigenvalue weighted by molar-refractivity contribution is 7.19. The van der Waals surface area contributed by atoms with E-state index in [1.807, 2.05) is 99.6 Å². The Morgan fingerprint density at radius 3 is 1.80 bits per heavy atom. The SMILES string of the molecule is Cc1ccc(Nc2nc(Nc3ccc(C)cc3)c(N=Nc3nc(-c4ccc(-c5ccccc5)cc4)c(N=Nc4cc(C)c5cc(C)cc(C)c5c4)s3)c(C)c2C#N)cc1. The van der Waals surface area contributed by atoms with Gasteiger partial charge in [0.2, 0.25) is 5.13 Å². The quantitative estimate of drug-likeness (QED) is 0.134. The van der Waals surface area contributed by atoms with Crippen molar-refractivity contribution in [2.45, 2.75) is 41.5 Å². The third-order valence-corrected chi connectivity index (χ3v) is 10.9. The first-order valence-electron chi connectivity index (χ1n) is 19.3. The summed E-state index contributed by atoms with van der Waals surface area (Å²) in [5.41, 5.74) is 13.3. The molecule has 0 aliphatic rings. The lowest BCUT2D eigenvalue weighted by Crippen LogP contribution is -2.04. The smallest absolute Gasteiger partial charge is 0.232 e. The van der Waals surface area contributed by atoms with Gasteiger partial charge in [-0.3, -0.25) is 0 Å². The third kappa shape index (κ3) is 8.52. The predicted molar refractivity (Wildman–Crippen MR) is 242 cm³/mol. The molecule has 288 valence electrons. The molecule has 0 bridgehead atoms. The summed E-state index contributed by atoms with van der Waals surface area (Å²) in [4.78, 5) is 9.87. The molecule has 0 spiro atoms. The van der Waals surface area contributed by atoms with Crippen LogP contribution in [0.3, 0.4) is 0 Å². The zero-order chi connectivity index (χ0) is 41.0. The summed E-state index contributed by atoms with van der Waals surface area (Å²) in [6, 6.07) is 45.3. The minimum absolute atomic E-state index is 0.359. The van der Waals surface area contributed by atoms with E-state index in [1.54, 1.807) is 0 Å². The first kappa shape index (κ1) is 38.5. The third-order valence-electron chi connectivity index (χ3n) is 10.1. The van der Waals surface area contributed by atoms with Gasteiger partial charge in [-0.05, 0) is 111 Å². The second kappa shape index (κ2) is 16.6. The van der Waals surface area contributed by atoms with Crippen molar-refractivity contribution >= 4 is 66.6 Å². The number of hydrogen-bond acceptors (Lipinski definition) is 10. The summed E-state index contributed by atoms with van der Waals surface area (Å²) in [7, 11) is 0. The topological polar surface area (TPSA) is 123 Å². The Morgan fingerprint density at radius 1 is 0.542 bits per heavy atom. The Bertz CT molecular complexity index is 2930. The Morgan fingerprint density at radius 2 is 1.14 bits per heavy atom. The molecule has 0 aliphatic carbocycles. The number of fused-ring (bicyclic) bond motifs is 1. The molecule has 0 saturated carbocycles. The van der Waals surface area contributed by atoms with Crippen LogP contribution in [0.4, 0.5) is 44.5 Å². The maximum absolute atomic E-state index is 10.4. The lowest BCUT2D eigenvalue weighted by atomic mass is 9.98. The van der Waals surface area contributed by atoms with Gasteiger partial charge in [-0.15, -0.1) is 20.5 Å².